The van der Waals surface area contributed by atoms with Gasteiger partial charge >= 0.3 is 0 Å². The Morgan fingerprint density at radius 3 is 1.08 bits per heavy atom. The Kier molecular flexibility index (Phi) is 17.8. The molecule has 0 saturated carbocycles. The summed E-state index contributed by atoms with van der Waals surface area (Å²) in [5.74, 6) is -0.442. The maximum atomic E-state index is 11.5. The van der Waals surface area contributed by atoms with Gasteiger partial charge in [-0.15, -0.1) is 3.63 Å². The molecule has 0 saturated heterocycles. The predicted octanol–water partition coefficient (Wildman–Crippen LogP) is 5.02. The highest BCUT2D eigenvalue weighted by atomic mass is 32.3. The average Bonchev–Trinajstić information content (AvgIpc) is 2.49. The zero-order chi connectivity index (χ0) is 18.9. The fraction of sp³-hybridized carbons (Fsp3) is 1.00. The van der Waals surface area contributed by atoms with E-state index in [1.54, 1.807) is 0 Å². The van der Waals surface area contributed by atoms with Crippen molar-refractivity contribution in [1.82, 2.24) is 0 Å². The number of hydrogen-bond acceptors (Lipinski definition) is 5. The van der Waals surface area contributed by atoms with E-state index in [9.17, 15) is 16.8 Å². The standard InChI is InChI=1S/C12H26O5S2.C5H12/c1-3-5-7-9-11-18(13,14)17-19(15,16)12-10-8-6-4-2;1-3-5-4-2/h3-12H2,1-2H3;3-5H2,1-2H3. The minimum atomic E-state index is -3.95. The van der Waals surface area contributed by atoms with Gasteiger partial charge in [0.15, 0.2) is 0 Å². The molecule has 0 rings (SSSR count). The lowest BCUT2D eigenvalue weighted by molar-refractivity contribution is 0.457. The largest absolute Gasteiger partial charge is 0.281 e. The van der Waals surface area contributed by atoms with Gasteiger partial charge in [-0.05, 0) is 12.8 Å². The molecule has 0 amide bonds. The molecule has 0 spiro atoms. The first-order valence-corrected chi connectivity index (χ1v) is 12.6. The van der Waals surface area contributed by atoms with Crippen LogP contribution in [0.3, 0.4) is 0 Å². The van der Waals surface area contributed by atoms with Crippen molar-refractivity contribution in [2.24, 2.45) is 0 Å². The summed E-state index contributed by atoms with van der Waals surface area (Å²) >= 11 is 0. The summed E-state index contributed by atoms with van der Waals surface area (Å²) in [4.78, 5) is 0. The lowest BCUT2D eigenvalue weighted by atomic mass is 10.2. The summed E-state index contributed by atoms with van der Waals surface area (Å²) in [7, 11) is -7.90. The van der Waals surface area contributed by atoms with E-state index in [4.69, 9.17) is 0 Å². The number of hydrogen-bond donors (Lipinski definition) is 0. The minimum Gasteiger partial charge on any atom is -0.198 e. The van der Waals surface area contributed by atoms with Crippen LogP contribution in [0.15, 0.2) is 0 Å². The Labute approximate surface area is 150 Å². The van der Waals surface area contributed by atoms with Crippen LogP contribution in [-0.2, 0) is 23.9 Å². The highest BCUT2D eigenvalue weighted by molar-refractivity contribution is 7.99. The fourth-order valence-electron chi connectivity index (χ4n) is 1.99. The second-order valence-electron chi connectivity index (χ2n) is 6.07. The van der Waals surface area contributed by atoms with Gasteiger partial charge in [0.25, 0.3) is 20.2 Å². The van der Waals surface area contributed by atoms with Gasteiger partial charge in [-0.1, -0.05) is 85.5 Å². The SMILES string of the molecule is CCCCC.CCCCCCS(=O)(=O)OS(=O)(=O)CCCCCC. The van der Waals surface area contributed by atoms with Crippen LogP contribution in [0.25, 0.3) is 0 Å². The zero-order valence-electron chi connectivity index (χ0n) is 16.1. The predicted molar refractivity (Wildman–Crippen MR) is 102 cm³/mol. The van der Waals surface area contributed by atoms with Crippen LogP contribution in [0, 0.1) is 0 Å². The summed E-state index contributed by atoms with van der Waals surface area (Å²) in [6.07, 6.45) is 10.4. The molecule has 0 fully saturated rings. The maximum Gasteiger partial charge on any atom is 0.281 e. The Bertz CT molecular complexity index is 413. The summed E-state index contributed by atoms with van der Waals surface area (Å²) in [6.45, 7) is 8.46. The normalized spacial score (nSPS) is 11.8. The van der Waals surface area contributed by atoms with Crippen LogP contribution in [0.4, 0.5) is 0 Å². The Morgan fingerprint density at radius 1 is 0.500 bits per heavy atom. The van der Waals surface area contributed by atoms with E-state index in [-0.39, 0.29) is 11.5 Å². The van der Waals surface area contributed by atoms with E-state index < -0.39 is 20.2 Å². The molecule has 0 aliphatic carbocycles. The molecule has 0 aromatic heterocycles. The van der Waals surface area contributed by atoms with Crippen LogP contribution in [0.5, 0.6) is 0 Å². The van der Waals surface area contributed by atoms with Gasteiger partial charge in [0.05, 0.1) is 11.5 Å². The van der Waals surface area contributed by atoms with Crippen molar-refractivity contribution in [2.45, 2.75) is 98.3 Å². The van der Waals surface area contributed by atoms with Crippen molar-refractivity contribution >= 4 is 20.2 Å². The van der Waals surface area contributed by atoms with Gasteiger partial charge in [0.1, 0.15) is 0 Å². The molecule has 0 unspecified atom stereocenters. The lowest BCUT2D eigenvalue weighted by Crippen LogP contribution is -2.19. The lowest BCUT2D eigenvalue weighted by Gasteiger charge is -2.06. The van der Waals surface area contributed by atoms with Gasteiger partial charge in [0.2, 0.25) is 0 Å². The third kappa shape index (κ3) is 19.9. The van der Waals surface area contributed by atoms with Crippen LogP contribution in [0.2, 0.25) is 0 Å². The van der Waals surface area contributed by atoms with Crippen LogP contribution in [0.1, 0.15) is 98.3 Å². The van der Waals surface area contributed by atoms with E-state index in [2.05, 4.69) is 17.5 Å². The minimum absolute atomic E-state index is 0.221. The average molecular weight is 387 g/mol. The molecule has 0 atom stereocenters. The van der Waals surface area contributed by atoms with Crippen molar-refractivity contribution in [3.05, 3.63) is 0 Å². The molecule has 0 aromatic carbocycles. The van der Waals surface area contributed by atoms with Gasteiger partial charge in [0, 0.05) is 0 Å². The highest BCUT2D eigenvalue weighted by Crippen LogP contribution is 2.10. The van der Waals surface area contributed by atoms with E-state index in [0.29, 0.717) is 12.8 Å². The van der Waals surface area contributed by atoms with E-state index in [1.165, 1.54) is 19.3 Å². The monoisotopic (exact) mass is 386 g/mol. The van der Waals surface area contributed by atoms with Crippen molar-refractivity contribution in [3.8, 4) is 0 Å². The molecule has 0 N–H and O–H groups in total. The first-order chi connectivity index (χ1) is 11.2. The first-order valence-electron chi connectivity index (χ1n) is 9.41. The molecule has 148 valence electrons. The summed E-state index contributed by atoms with van der Waals surface area (Å²) in [5, 5.41) is 0. The first kappa shape index (κ1) is 26.1. The Balaban J connectivity index is 0. The molecule has 0 bridgehead atoms. The quantitative estimate of drug-likeness (QED) is 0.392. The third-order valence-electron chi connectivity index (χ3n) is 3.41. The molecule has 7 heteroatoms. The van der Waals surface area contributed by atoms with Crippen molar-refractivity contribution < 1.29 is 20.5 Å². The van der Waals surface area contributed by atoms with E-state index >= 15 is 0 Å². The molecule has 0 heterocycles. The molecule has 0 radical (unpaired) electrons. The van der Waals surface area contributed by atoms with Gasteiger partial charge < -0.3 is 0 Å². The highest BCUT2D eigenvalue weighted by Gasteiger charge is 2.21. The fourth-order valence-corrected chi connectivity index (χ4v) is 4.91. The molecule has 24 heavy (non-hydrogen) atoms. The van der Waals surface area contributed by atoms with Crippen LogP contribution < -0.4 is 0 Å². The van der Waals surface area contributed by atoms with Crippen LogP contribution >= 0.6 is 0 Å². The van der Waals surface area contributed by atoms with Crippen LogP contribution in [-0.4, -0.2) is 28.3 Å². The van der Waals surface area contributed by atoms with Crippen molar-refractivity contribution in [2.75, 3.05) is 11.5 Å². The van der Waals surface area contributed by atoms with Crippen molar-refractivity contribution in [1.29, 1.82) is 0 Å². The molecular weight excluding hydrogens is 348 g/mol. The Hall–Kier alpha value is -0.140. The molecule has 0 aromatic rings. The van der Waals surface area contributed by atoms with Gasteiger partial charge in [-0.2, -0.15) is 16.8 Å². The molecular formula is C17H38O5S2. The third-order valence-corrected chi connectivity index (χ3v) is 6.65. The maximum absolute atomic E-state index is 11.5. The number of rotatable bonds is 14. The Morgan fingerprint density at radius 2 is 0.833 bits per heavy atom. The van der Waals surface area contributed by atoms with Crippen molar-refractivity contribution in [3.63, 3.8) is 0 Å². The smallest absolute Gasteiger partial charge is 0.198 e. The summed E-state index contributed by atoms with van der Waals surface area (Å²) in [6, 6.07) is 0. The summed E-state index contributed by atoms with van der Waals surface area (Å²) in [5.41, 5.74) is 0. The van der Waals surface area contributed by atoms with Gasteiger partial charge in [-0.3, -0.25) is 0 Å². The molecule has 5 nitrogen and oxygen atoms in total. The van der Waals surface area contributed by atoms with Gasteiger partial charge in [-0.25, -0.2) is 0 Å². The molecule has 0 aliphatic rings. The summed E-state index contributed by atoms with van der Waals surface area (Å²) < 4.78 is 50.3. The second-order valence-corrected chi connectivity index (χ2v) is 9.66. The topological polar surface area (TPSA) is 77.5 Å². The second kappa shape index (κ2) is 16.3. The number of unbranched alkanes of at least 4 members (excludes halogenated alkanes) is 8. The van der Waals surface area contributed by atoms with E-state index in [1.807, 2.05) is 13.8 Å². The zero-order valence-corrected chi connectivity index (χ0v) is 17.7. The van der Waals surface area contributed by atoms with E-state index in [0.717, 1.165) is 38.5 Å². The molecule has 0 aliphatic heterocycles.